The Kier molecular flexibility index (Phi) is 3.42. The van der Waals surface area contributed by atoms with Crippen LogP contribution < -0.4 is 4.74 Å². The molecule has 1 aromatic carbocycles. The number of para-hydroxylation sites is 1. The van der Waals surface area contributed by atoms with Gasteiger partial charge in [-0.05, 0) is 26.8 Å². The van der Waals surface area contributed by atoms with Gasteiger partial charge in [-0.1, -0.05) is 12.1 Å². The highest BCUT2D eigenvalue weighted by molar-refractivity contribution is 5.81. The maximum atomic E-state index is 11.1. The van der Waals surface area contributed by atoms with Crippen molar-refractivity contribution in [3.63, 3.8) is 0 Å². The zero-order chi connectivity index (χ0) is 12.3. The molecule has 1 aromatic rings. The van der Waals surface area contributed by atoms with Gasteiger partial charge in [0.15, 0.2) is 11.5 Å². The van der Waals surface area contributed by atoms with E-state index in [0.717, 1.165) is 0 Å². The Bertz CT molecular complexity index is 396. The summed E-state index contributed by atoms with van der Waals surface area (Å²) in [5, 5.41) is 19.0. The molecule has 4 heteroatoms. The number of hydrogen-bond acceptors (Lipinski definition) is 3. The number of aromatic hydroxyl groups is 1. The largest absolute Gasteiger partial charge is 0.504 e. The molecule has 88 valence electrons. The molecule has 0 saturated carbocycles. The molecule has 1 rings (SSSR count). The lowest BCUT2D eigenvalue weighted by Gasteiger charge is -2.21. The fraction of sp³-hybridized carbons (Fsp3) is 0.417. The third kappa shape index (κ3) is 2.10. The van der Waals surface area contributed by atoms with Crippen LogP contribution >= 0.6 is 0 Å². The van der Waals surface area contributed by atoms with E-state index >= 15 is 0 Å². The first kappa shape index (κ1) is 12.4. The Morgan fingerprint density at radius 2 is 2.06 bits per heavy atom. The Morgan fingerprint density at radius 1 is 1.44 bits per heavy atom. The van der Waals surface area contributed by atoms with Gasteiger partial charge in [-0.25, -0.2) is 0 Å². The van der Waals surface area contributed by atoms with Crippen LogP contribution in [0.15, 0.2) is 18.2 Å². The summed E-state index contributed by atoms with van der Waals surface area (Å²) in [6.45, 7) is 5.30. The minimum absolute atomic E-state index is 0.100. The van der Waals surface area contributed by atoms with E-state index in [1.54, 1.807) is 39.0 Å². The highest BCUT2D eigenvalue weighted by Gasteiger charge is 2.33. The van der Waals surface area contributed by atoms with Crippen molar-refractivity contribution in [2.75, 3.05) is 6.61 Å². The van der Waals surface area contributed by atoms with Crippen molar-refractivity contribution in [2.45, 2.75) is 26.2 Å². The second-order valence-corrected chi connectivity index (χ2v) is 4.02. The second kappa shape index (κ2) is 4.43. The van der Waals surface area contributed by atoms with Crippen LogP contribution in [-0.2, 0) is 10.2 Å². The third-order valence-electron chi connectivity index (χ3n) is 2.51. The molecule has 0 fully saturated rings. The number of hydrogen-bond donors (Lipinski definition) is 2. The van der Waals surface area contributed by atoms with Crippen LogP contribution in [0.4, 0.5) is 0 Å². The first-order valence-electron chi connectivity index (χ1n) is 5.10. The number of ether oxygens (including phenoxy) is 1. The number of carboxylic acid groups (broad SMARTS) is 1. The summed E-state index contributed by atoms with van der Waals surface area (Å²) in [7, 11) is 0. The van der Waals surface area contributed by atoms with Crippen molar-refractivity contribution in [1.82, 2.24) is 0 Å². The SMILES string of the molecule is CCOc1cccc(C(C)(C)C(=O)O)c1O. The summed E-state index contributed by atoms with van der Waals surface area (Å²) in [4.78, 5) is 11.1. The number of phenolic OH excluding ortho intramolecular Hbond substituents is 1. The molecular formula is C12H16O4. The van der Waals surface area contributed by atoms with Crippen LogP contribution in [0, 0.1) is 0 Å². The summed E-state index contributed by atoms with van der Waals surface area (Å²) in [6, 6.07) is 4.87. The van der Waals surface area contributed by atoms with Crippen LogP contribution in [-0.4, -0.2) is 22.8 Å². The average molecular weight is 224 g/mol. The predicted octanol–water partition coefficient (Wildman–Crippen LogP) is 2.15. The van der Waals surface area contributed by atoms with Gasteiger partial charge in [0, 0.05) is 5.56 Å². The quantitative estimate of drug-likeness (QED) is 0.822. The summed E-state index contributed by atoms with van der Waals surface area (Å²) in [5.74, 6) is -0.775. The third-order valence-corrected chi connectivity index (χ3v) is 2.51. The zero-order valence-electron chi connectivity index (χ0n) is 9.65. The van der Waals surface area contributed by atoms with Crippen molar-refractivity contribution < 1.29 is 19.7 Å². The minimum atomic E-state index is -1.14. The van der Waals surface area contributed by atoms with Crippen LogP contribution in [0.3, 0.4) is 0 Å². The lowest BCUT2D eigenvalue weighted by molar-refractivity contribution is -0.142. The van der Waals surface area contributed by atoms with E-state index in [9.17, 15) is 9.90 Å². The smallest absolute Gasteiger partial charge is 0.313 e. The molecule has 0 aliphatic heterocycles. The fourth-order valence-corrected chi connectivity index (χ4v) is 1.41. The van der Waals surface area contributed by atoms with Gasteiger partial charge in [-0.2, -0.15) is 0 Å². The lowest BCUT2D eigenvalue weighted by Crippen LogP contribution is -2.28. The standard InChI is InChI=1S/C12H16O4/c1-4-16-9-7-5-6-8(10(9)13)12(2,3)11(14)15/h5-7,13H,4H2,1-3H3,(H,14,15). The Balaban J connectivity index is 3.25. The molecule has 0 radical (unpaired) electrons. The monoisotopic (exact) mass is 224 g/mol. The van der Waals surface area contributed by atoms with Gasteiger partial charge in [0.05, 0.1) is 12.0 Å². The van der Waals surface area contributed by atoms with Gasteiger partial charge in [-0.3, -0.25) is 4.79 Å². The second-order valence-electron chi connectivity index (χ2n) is 4.02. The van der Waals surface area contributed by atoms with E-state index in [2.05, 4.69) is 0 Å². The molecule has 4 nitrogen and oxygen atoms in total. The molecule has 0 aliphatic rings. The van der Waals surface area contributed by atoms with E-state index in [4.69, 9.17) is 9.84 Å². The molecule has 0 bridgehead atoms. The number of phenols is 1. The topological polar surface area (TPSA) is 66.8 Å². The molecule has 0 aliphatic carbocycles. The summed E-state index contributed by atoms with van der Waals surface area (Å²) in [5.41, 5.74) is -0.789. The van der Waals surface area contributed by atoms with Crippen molar-refractivity contribution in [2.24, 2.45) is 0 Å². The summed E-state index contributed by atoms with van der Waals surface area (Å²) in [6.07, 6.45) is 0. The number of rotatable bonds is 4. The van der Waals surface area contributed by atoms with E-state index in [1.807, 2.05) is 0 Å². The van der Waals surface area contributed by atoms with Crippen LogP contribution in [0.25, 0.3) is 0 Å². The van der Waals surface area contributed by atoms with E-state index in [-0.39, 0.29) is 5.75 Å². The van der Waals surface area contributed by atoms with Crippen LogP contribution in [0.5, 0.6) is 11.5 Å². The van der Waals surface area contributed by atoms with Gasteiger partial charge in [0.25, 0.3) is 0 Å². The lowest BCUT2D eigenvalue weighted by atomic mass is 9.84. The number of aliphatic carboxylic acids is 1. The minimum Gasteiger partial charge on any atom is -0.504 e. The maximum absolute atomic E-state index is 11.1. The molecule has 0 atom stereocenters. The molecule has 0 aromatic heterocycles. The van der Waals surface area contributed by atoms with E-state index in [0.29, 0.717) is 17.9 Å². The zero-order valence-corrected chi connectivity index (χ0v) is 9.65. The van der Waals surface area contributed by atoms with Gasteiger partial charge < -0.3 is 14.9 Å². The highest BCUT2D eigenvalue weighted by Crippen LogP contribution is 2.37. The molecule has 0 spiro atoms. The molecular weight excluding hydrogens is 208 g/mol. The first-order valence-corrected chi connectivity index (χ1v) is 5.10. The maximum Gasteiger partial charge on any atom is 0.313 e. The van der Waals surface area contributed by atoms with Crippen molar-refractivity contribution >= 4 is 5.97 Å². The molecule has 0 amide bonds. The van der Waals surface area contributed by atoms with Gasteiger partial charge in [0.2, 0.25) is 0 Å². The molecule has 0 saturated heterocycles. The number of carboxylic acids is 1. The number of benzene rings is 1. The summed E-state index contributed by atoms with van der Waals surface area (Å²) < 4.78 is 5.21. The predicted molar refractivity (Wildman–Crippen MR) is 59.9 cm³/mol. The number of carbonyl (C=O) groups is 1. The van der Waals surface area contributed by atoms with Gasteiger partial charge >= 0.3 is 5.97 Å². The average Bonchev–Trinajstić information content (AvgIpc) is 2.21. The van der Waals surface area contributed by atoms with Crippen LogP contribution in [0.2, 0.25) is 0 Å². The fourth-order valence-electron chi connectivity index (χ4n) is 1.41. The highest BCUT2D eigenvalue weighted by atomic mass is 16.5. The molecule has 0 unspecified atom stereocenters. The van der Waals surface area contributed by atoms with Crippen molar-refractivity contribution in [3.8, 4) is 11.5 Å². The normalized spacial score (nSPS) is 11.2. The van der Waals surface area contributed by atoms with Crippen molar-refractivity contribution in [3.05, 3.63) is 23.8 Å². The Morgan fingerprint density at radius 3 is 2.56 bits per heavy atom. The Labute approximate surface area is 94.5 Å². The van der Waals surface area contributed by atoms with Gasteiger partial charge in [0.1, 0.15) is 0 Å². The van der Waals surface area contributed by atoms with E-state index in [1.165, 1.54) is 0 Å². The van der Waals surface area contributed by atoms with Gasteiger partial charge in [-0.15, -0.1) is 0 Å². The van der Waals surface area contributed by atoms with Crippen molar-refractivity contribution in [1.29, 1.82) is 0 Å². The Hall–Kier alpha value is -1.71. The molecule has 2 N–H and O–H groups in total. The molecule has 16 heavy (non-hydrogen) atoms. The van der Waals surface area contributed by atoms with Crippen LogP contribution in [0.1, 0.15) is 26.3 Å². The molecule has 0 heterocycles. The van der Waals surface area contributed by atoms with E-state index < -0.39 is 11.4 Å². The summed E-state index contributed by atoms with van der Waals surface area (Å²) >= 11 is 0. The first-order chi connectivity index (χ1) is 7.41.